The minimum atomic E-state index is -0.00424. The Bertz CT molecular complexity index is 423. The standard InChI is InChI=1S/C11H9BrO2S/c12-8-3-1-7(2-4-8)5-9-10(13)6-15-11(9)14/h1-4,13H,5-6H2. The fourth-order valence-corrected chi connectivity index (χ4v) is 2.48. The summed E-state index contributed by atoms with van der Waals surface area (Å²) in [7, 11) is 0. The third-order valence-electron chi connectivity index (χ3n) is 2.23. The van der Waals surface area contributed by atoms with E-state index in [1.807, 2.05) is 24.3 Å². The summed E-state index contributed by atoms with van der Waals surface area (Å²) in [5, 5.41) is 9.50. The largest absolute Gasteiger partial charge is 0.511 e. The van der Waals surface area contributed by atoms with Gasteiger partial charge in [0, 0.05) is 16.5 Å². The molecule has 1 heterocycles. The molecule has 0 fully saturated rings. The highest BCUT2D eigenvalue weighted by Crippen LogP contribution is 2.27. The average molecular weight is 285 g/mol. The molecule has 1 aromatic rings. The zero-order valence-electron chi connectivity index (χ0n) is 7.87. The molecule has 2 nitrogen and oxygen atoms in total. The van der Waals surface area contributed by atoms with Crippen molar-refractivity contribution >= 4 is 32.8 Å². The molecule has 0 spiro atoms. The minimum Gasteiger partial charge on any atom is -0.511 e. The molecule has 78 valence electrons. The van der Waals surface area contributed by atoms with E-state index in [4.69, 9.17) is 0 Å². The normalized spacial score (nSPS) is 16.2. The first-order chi connectivity index (χ1) is 7.16. The number of rotatable bonds is 2. The van der Waals surface area contributed by atoms with Crippen LogP contribution in [0.5, 0.6) is 0 Å². The zero-order chi connectivity index (χ0) is 10.8. The molecule has 0 saturated carbocycles. The van der Waals surface area contributed by atoms with Crippen LogP contribution in [0.15, 0.2) is 40.1 Å². The molecule has 0 saturated heterocycles. The molecular formula is C11H9BrO2S. The van der Waals surface area contributed by atoms with Crippen LogP contribution in [0.1, 0.15) is 5.56 Å². The maximum Gasteiger partial charge on any atom is 0.219 e. The van der Waals surface area contributed by atoms with Gasteiger partial charge in [-0.25, -0.2) is 0 Å². The first kappa shape index (κ1) is 10.8. The SMILES string of the molecule is O=C1SCC(O)=C1Cc1ccc(Br)cc1. The van der Waals surface area contributed by atoms with Gasteiger partial charge in [-0.15, -0.1) is 0 Å². The fraction of sp³-hybridized carbons (Fsp3) is 0.182. The van der Waals surface area contributed by atoms with Crippen molar-refractivity contribution in [3.05, 3.63) is 45.6 Å². The van der Waals surface area contributed by atoms with Crippen molar-refractivity contribution in [2.24, 2.45) is 0 Å². The summed E-state index contributed by atoms with van der Waals surface area (Å²) in [6, 6.07) is 7.75. The molecule has 1 aliphatic heterocycles. The lowest BCUT2D eigenvalue weighted by atomic mass is 10.1. The molecule has 1 aliphatic rings. The van der Waals surface area contributed by atoms with E-state index in [0.29, 0.717) is 17.7 Å². The third-order valence-corrected chi connectivity index (χ3v) is 3.68. The van der Waals surface area contributed by atoms with Crippen LogP contribution in [0.4, 0.5) is 0 Å². The highest BCUT2D eigenvalue weighted by molar-refractivity contribution is 9.10. The van der Waals surface area contributed by atoms with Crippen LogP contribution in [0.3, 0.4) is 0 Å². The molecule has 0 radical (unpaired) electrons. The Balaban J connectivity index is 2.19. The topological polar surface area (TPSA) is 37.3 Å². The predicted octanol–water partition coefficient (Wildman–Crippen LogP) is 3.08. The Morgan fingerprint density at radius 1 is 1.33 bits per heavy atom. The number of carbonyl (C=O) groups is 1. The molecule has 0 unspecified atom stereocenters. The maximum atomic E-state index is 11.4. The van der Waals surface area contributed by atoms with E-state index in [-0.39, 0.29) is 10.9 Å². The quantitative estimate of drug-likeness (QED) is 0.907. The summed E-state index contributed by atoms with van der Waals surface area (Å²) in [5.41, 5.74) is 1.58. The van der Waals surface area contributed by atoms with E-state index in [0.717, 1.165) is 21.8 Å². The van der Waals surface area contributed by atoms with Crippen LogP contribution in [0.2, 0.25) is 0 Å². The third kappa shape index (κ3) is 2.44. The van der Waals surface area contributed by atoms with E-state index in [2.05, 4.69) is 15.9 Å². The lowest BCUT2D eigenvalue weighted by molar-refractivity contribution is -0.107. The number of halogens is 1. The van der Waals surface area contributed by atoms with E-state index in [1.165, 1.54) is 0 Å². The van der Waals surface area contributed by atoms with Crippen molar-refractivity contribution < 1.29 is 9.90 Å². The van der Waals surface area contributed by atoms with Crippen LogP contribution in [-0.2, 0) is 11.2 Å². The number of aliphatic hydroxyl groups is 1. The fourth-order valence-electron chi connectivity index (χ4n) is 1.41. The second-order valence-electron chi connectivity index (χ2n) is 3.30. The number of benzene rings is 1. The van der Waals surface area contributed by atoms with E-state index < -0.39 is 0 Å². The number of hydrogen-bond acceptors (Lipinski definition) is 3. The summed E-state index contributed by atoms with van der Waals surface area (Å²) >= 11 is 4.51. The highest BCUT2D eigenvalue weighted by Gasteiger charge is 2.23. The predicted molar refractivity (Wildman–Crippen MR) is 65.0 cm³/mol. The number of carbonyl (C=O) groups excluding carboxylic acids is 1. The van der Waals surface area contributed by atoms with Crippen LogP contribution >= 0.6 is 27.7 Å². The molecule has 0 bridgehead atoms. The Morgan fingerprint density at radius 2 is 2.00 bits per heavy atom. The molecule has 0 aromatic heterocycles. The van der Waals surface area contributed by atoms with Gasteiger partial charge in [0.1, 0.15) is 5.76 Å². The summed E-state index contributed by atoms with van der Waals surface area (Å²) in [4.78, 5) is 11.4. The Labute approximate surface area is 101 Å². The monoisotopic (exact) mass is 284 g/mol. The van der Waals surface area contributed by atoms with E-state index in [1.54, 1.807) is 0 Å². The molecule has 1 N–H and O–H groups in total. The van der Waals surface area contributed by atoms with Crippen molar-refractivity contribution in [1.82, 2.24) is 0 Å². The summed E-state index contributed by atoms with van der Waals surface area (Å²) in [6.45, 7) is 0. The first-order valence-electron chi connectivity index (χ1n) is 4.49. The van der Waals surface area contributed by atoms with Gasteiger partial charge >= 0.3 is 0 Å². The minimum absolute atomic E-state index is 0.00424. The Morgan fingerprint density at radius 3 is 2.53 bits per heavy atom. The molecule has 4 heteroatoms. The first-order valence-corrected chi connectivity index (χ1v) is 6.27. The molecule has 0 atom stereocenters. The Hall–Kier alpha value is -0.740. The van der Waals surface area contributed by atoms with Gasteiger partial charge in [0.05, 0.1) is 5.75 Å². The van der Waals surface area contributed by atoms with Crippen LogP contribution in [0.25, 0.3) is 0 Å². The van der Waals surface area contributed by atoms with Crippen LogP contribution < -0.4 is 0 Å². The van der Waals surface area contributed by atoms with E-state index >= 15 is 0 Å². The van der Waals surface area contributed by atoms with Crippen molar-refractivity contribution in [2.75, 3.05) is 5.75 Å². The second kappa shape index (κ2) is 4.41. The van der Waals surface area contributed by atoms with Crippen molar-refractivity contribution in [1.29, 1.82) is 0 Å². The average Bonchev–Trinajstić information content (AvgIpc) is 2.53. The summed E-state index contributed by atoms with van der Waals surface area (Å²) < 4.78 is 1.01. The maximum absolute atomic E-state index is 11.4. The van der Waals surface area contributed by atoms with Crippen molar-refractivity contribution in [3.63, 3.8) is 0 Å². The van der Waals surface area contributed by atoms with Crippen molar-refractivity contribution in [2.45, 2.75) is 6.42 Å². The number of aliphatic hydroxyl groups excluding tert-OH is 1. The highest BCUT2D eigenvalue weighted by atomic mass is 79.9. The second-order valence-corrected chi connectivity index (χ2v) is 5.17. The molecular weight excluding hydrogens is 276 g/mol. The van der Waals surface area contributed by atoms with Gasteiger partial charge in [-0.05, 0) is 17.7 Å². The molecule has 15 heavy (non-hydrogen) atoms. The smallest absolute Gasteiger partial charge is 0.219 e. The molecule has 1 aromatic carbocycles. The van der Waals surface area contributed by atoms with Gasteiger partial charge in [-0.2, -0.15) is 0 Å². The van der Waals surface area contributed by atoms with Crippen LogP contribution in [-0.4, -0.2) is 16.0 Å². The van der Waals surface area contributed by atoms with E-state index in [9.17, 15) is 9.90 Å². The van der Waals surface area contributed by atoms with Gasteiger partial charge in [0.15, 0.2) is 0 Å². The van der Waals surface area contributed by atoms with Gasteiger partial charge in [0.2, 0.25) is 5.12 Å². The van der Waals surface area contributed by atoms with Gasteiger partial charge in [-0.3, -0.25) is 4.79 Å². The number of hydrogen-bond donors (Lipinski definition) is 1. The molecule has 0 aliphatic carbocycles. The van der Waals surface area contributed by atoms with Gasteiger partial charge < -0.3 is 5.11 Å². The Kier molecular flexibility index (Phi) is 3.17. The summed E-state index contributed by atoms with van der Waals surface area (Å²) in [6.07, 6.45) is 0.519. The lowest BCUT2D eigenvalue weighted by Crippen LogP contribution is -1.98. The molecule has 0 amide bonds. The molecule has 2 rings (SSSR count). The van der Waals surface area contributed by atoms with Gasteiger partial charge in [0.25, 0.3) is 0 Å². The number of thioether (sulfide) groups is 1. The van der Waals surface area contributed by atoms with Gasteiger partial charge in [-0.1, -0.05) is 39.8 Å². The zero-order valence-corrected chi connectivity index (χ0v) is 10.3. The lowest BCUT2D eigenvalue weighted by Gasteiger charge is -2.01. The van der Waals surface area contributed by atoms with Crippen LogP contribution in [0, 0.1) is 0 Å². The summed E-state index contributed by atoms with van der Waals surface area (Å²) in [5.74, 6) is 0.651. The van der Waals surface area contributed by atoms with Crippen molar-refractivity contribution in [3.8, 4) is 0 Å².